The summed E-state index contributed by atoms with van der Waals surface area (Å²) in [6, 6.07) is 9.24. The number of rotatable bonds is 4. The largest absolute Gasteiger partial charge is 0.444 e. The average Bonchev–Trinajstić information content (AvgIpc) is 2.28. The fraction of sp³-hybridized carbons (Fsp3) is 0.125. The van der Waals surface area contributed by atoms with E-state index in [0.717, 1.165) is 5.56 Å². The van der Waals surface area contributed by atoms with Gasteiger partial charge in [0.1, 0.15) is 6.61 Å². The fourth-order valence-electron chi connectivity index (χ4n) is 0.863. The van der Waals surface area contributed by atoms with Gasteiger partial charge in [-0.2, -0.15) is 0 Å². The van der Waals surface area contributed by atoms with Gasteiger partial charge in [0.25, 0.3) is 5.39 Å². The molecule has 3 N–H and O–H groups in total. The third kappa shape index (κ3) is 4.44. The lowest BCUT2D eigenvalue weighted by Crippen LogP contribution is -2.43. The molecule has 0 saturated heterocycles. The summed E-state index contributed by atoms with van der Waals surface area (Å²) in [6.07, 6.45) is -0.685. The number of nitrogens with one attached hydrogen (secondary N) is 3. The van der Waals surface area contributed by atoms with Gasteiger partial charge >= 0.3 is 11.2 Å². The van der Waals surface area contributed by atoms with Crippen LogP contribution in [0.3, 0.4) is 0 Å². The Bertz CT molecular complexity index is 348. The Morgan fingerprint density at radius 2 is 2.13 bits per heavy atom. The third-order valence-corrected chi connectivity index (χ3v) is 1.48. The Balaban J connectivity index is 2.20. The van der Waals surface area contributed by atoms with Gasteiger partial charge in [0.2, 0.25) is 0 Å². The lowest BCUT2D eigenvalue weighted by atomic mass is 10.2. The summed E-state index contributed by atoms with van der Waals surface area (Å²) < 4.78 is 4.80. The van der Waals surface area contributed by atoms with E-state index in [1.54, 1.807) is 0 Å². The molecule has 1 amide bonds. The number of carbonyl (C=O) groups excluding carboxylic acids is 1. The van der Waals surface area contributed by atoms with E-state index >= 15 is 0 Å². The standard InChI is InChI=1S/C8H9N5O2/c9-11-13-12-10-8(14)15-6-7-4-2-1-3-5-7/h1-5,9H,6H2,(H,10,13,14)/p+1. The maximum Gasteiger partial charge on any atom is 0.423 e. The van der Waals surface area contributed by atoms with Crippen LogP contribution in [0, 0.1) is 5.39 Å². The van der Waals surface area contributed by atoms with Crippen LogP contribution in [0.5, 0.6) is 0 Å². The monoisotopic (exact) mass is 208 g/mol. The second-order valence-electron chi connectivity index (χ2n) is 2.52. The van der Waals surface area contributed by atoms with Crippen molar-refractivity contribution in [2.75, 3.05) is 0 Å². The van der Waals surface area contributed by atoms with E-state index in [9.17, 15) is 4.79 Å². The van der Waals surface area contributed by atoms with Crippen molar-refractivity contribution in [3.8, 4) is 0 Å². The molecule has 7 nitrogen and oxygen atoms in total. The Morgan fingerprint density at radius 3 is 2.80 bits per heavy atom. The first-order chi connectivity index (χ1) is 7.33. The Morgan fingerprint density at radius 1 is 1.40 bits per heavy atom. The minimum Gasteiger partial charge on any atom is -0.444 e. The highest BCUT2D eigenvalue weighted by molar-refractivity contribution is 5.66. The summed E-state index contributed by atoms with van der Waals surface area (Å²) in [5.74, 6) is 0. The molecule has 0 atom stereocenters. The maximum atomic E-state index is 10.9. The number of hydrazine groups is 2. The highest BCUT2D eigenvalue weighted by Gasteiger charge is 2.01. The van der Waals surface area contributed by atoms with Crippen LogP contribution in [0.1, 0.15) is 5.56 Å². The summed E-state index contributed by atoms with van der Waals surface area (Å²) in [4.78, 5) is 10.9. The van der Waals surface area contributed by atoms with Gasteiger partial charge in [-0.25, -0.2) is 10.2 Å². The topological polar surface area (TPSA) is 90.5 Å². The summed E-state index contributed by atoms with van der Waals surface area (Å²) in [6.45, 7) is 0.171. The van der Waals surface area contributed by atoms with Gasteiger partial charge in [-0.1, -0.05) is 35.9 Å². The van der Waals surface area contributed by atoms with Gasteiger partial charge in [0, 0.05) is 0 Å². The Labute approximate surface area is 86.0 Å². The maximum absolute atomic E-state index is 10.9. The molecule has 0 aromatic heterocycles. The molecule has 0 aliphatic heterocycles. The van der Waals surface area contributed by atoms with E-state index < -0.39 is 6.09 Å². The normalized spacial score (nSPS) is 8.73. The van der Waals surface area contributed by atoms with Gasteiger partial charge in [-0.15, -0.1) is 0 Å². The van der Waals surface area contributed by atoms with Gasteiger partial charge in [0.15, 0.2) is 0 Å². The predicted octanol–water partition coefficient (Wildman–Crippen LogP) is 0.690. The second kappa shape index (κ2) is 6.17. The second-order valence-corrected chi connectivity index (χ2v) is 2.52. The van der Waals surface area contributed by atoms with Crippen LogP contribution in [-0.4, -0.2) is 6.09 Å². The van der Waals surface area contributed by atoms with E-state index in [-0.39, 0.29) is 6.61 Å². The SMILES string of the molecule is N#[N+]NNNC(=O)OCc1ccccc1. The van der Waals surface area contributed by atoms with Crippen LogP contribution in [0.15, 0.2) is 30.3 Å². The van der Waals surface area contributed by atoms with Crippen molar-refractivity contribution in [1.29, 1.82) is 5.39 Å². The predicted molar refractivity (Wildman–Crippen MR) is 51.1 cm³/mol. The molecule has 15 heavy (non-hydrogen) atoms. The molecule has 1 rings (SSSR count). The molecular weight excluding hydrogens is 198 g/mol. The van der Waals surface area contributed by atoms with E-state index in [1.165, 1.54) is 0 Å². The number of nitrogens with zero attached hydrogens (tertiary/aromatic N) is 2. The Hall–Kier alpha value is -2.33. The Kier molecular flexibility index (Phi) is 4.42. The summed E-state index contributed by atoms with van der Waals surface area (Å²) in [5.41, 5.74) is 6.94. The first kappa shape index (κ1) is 10.7. The van der Waals surface area contributed by atoms with Crippen molar-refractivity contribution in [1.82, 2.24) is 16.5 Å². The summed E-state index contributed by atoms with van der Waals surface area (Å²) in [5, 5.41) is 10.4. The van der Waals surface area contributed by atoms with Gasteiger partial charge in [-0.05, 0) is 5.56 Å². The van der Waals surface area contributed by atoms with E-state index in [2.05, 4.69) is 16.0 Å². The van der Waals surface area contributed by atoms with Crippen molar-refractivity contribution < 1.29 is 9.53 Å². The van der Waals surface area contributed by atoms with Crippen molar-refractivity contribution in [2.24, 2.45) is 0 Å². The summed E-state index contributed by atoms with van der Waals surface area (Å²) in [7, 11) is 0. The smallest absolute Gasteiger partial charge is 0.423 e. The molecule has 1 aromatic carbocycles. The first-order valence-corrected chi connectivity index (χ1v) is 4.13. The molecule has 0 saturated carbocycles. The molecule has 0 spiro atoms. The molecular formula is C8H10N5O2+. The highest BCUT2D eigenvalue weighted by atomic mass is 16.6. The van der Waals surface area contributed by atoms with Crippen LogP contribution in [0.4, 0.5) is 4.79 Å². The molecule has 1 aromatic rings. The number of hydrogen-bond donors (Lipinski definition) is 3. The number of amides is 1. The van der Waals surface area contributed by atoms with Gasteiger partial charge < -0.3 is 4.74 Å². The quantitative estimate of drug-likeness (QED) is 0.384. The molecule has 7 heteroatoms. The van der Waals surface area contributed by atoms with Crippen LogP contribution in [-0.2, 0) is 11.3 Å². The average molecular weight is 208 g/mol. The lowest BCUT2D eigenvalue weighted by Gasteiger charge is -2.04. The van der Waals surface area contributed by atoms with Gasteiger partial charge in [0.05, 0.1) is 5.53 Å². The molecule has 0 aliphatic rings. The molecule has 0 aliphatic carbocycles. The van der Waals surface area contributed by atoms with Crippen molar-refractivity contribution in [3.63, 3.8) is 0 Å². The van der Waals surface area contributed by atoms with Crippen molar-refractivity contribution >= 4 is 6.09 Å². The third-order valence-electron chi connectivity index (χ3n) is 1.48. The van der Waals surface area contributed by atoms with Crippen LogP contribution < -0.4 is 16.5 Å². The number of ether oxygens (including phenoxy) is 1. The van der Waals surface area contributed by atoms with E-state index in [1.807, 2.05) is 35.9 Å². The van der Waals surface area contributed by atoms with E-state index in [4.69, 9.17) is 10.1 Å². The molecule has 0 radical (unpaired) electrons. The number of hydrogen-bond acceptors (Lipinski definition) is 5. The zero-order valence-corrected chi connectivity index (χ0v) is 7.80. The zero-order chi connectivity index (χ0) is 10.9. The lowest BCUT2D eigenvalue weighted by molar-refractivity contribution is 0.133. The fourth-order valence-corrected chi connectivity index (χ4v) is 0.863. The van der Waals surface area contributed by atoms with Gasteiger partial charge in [-0.3, -0.25) is 0 Å². The molecule has 0 bridgehead atoms. The first-order valence-electron chi connectivity index (χ1n) is 4.13. The summed E-state index contributed by atoms with van der Waals surface area (Å²) >= 11 is 0. The highest BCUT2D eigenvalue weighted by Crippen LogP contribution is 1.99. The number of diazo groups is 1. The van der Waals surface area contributed by atoms with Crippen molar-refractivity contribution in [2.45, 2.75) is 6.61 Å². The van der Waals surface area contributed by atoms with Crippen LogP contribution in [0.25, 0.3) is 5.08 Å². The molecule has 0 unspecified atom stereocenters. The zero-order valence-electron chi connectivity index (χ0n) is 7.80. The van der Waals surface area contributed by atoms with E-state index in [0.29, 0.717) is 0 Å². The van der Waals surface area contributed by atoms with Crippen LogP contribution in [0.2, 0.25) is 0 Å². The minimum absolute atomic E-state index is 0.171. The minimum atomic E-state index is -0.685. The van der Waals surface area contributed by atoms with Crippen LogP contribution >= 0.6 is 0 Å². The molecule has 78 valence electrons. The number of carbonyl (C=O) groups is 1. The van der Waals surface area contributed by atoms with Crippen molar-refractivity contribution in [3.05, 3.63) is 41.0 Å². The number of benzene rings is 1. The molecule has 0 fully saturated rings. The molecule has 0 heterocycles.